The van der Waals surface area contributed by atoms with Crippen LogP contribution in [-0.2, 0) is 0 Å². The van der Waals surface area contributed by atoms with Crippen LogP contribution in [0.1, 0.15) is 0 Å². The quantitative estimate of drug-likeness (QED) is 0.479. The third kappa shape index (κ3) is 2.59. The van der Waals surface area contributed by atoms with Crippen LogP contribution in [0.2, 0.25) is 0 Å². The summed E-state index contributed by atoms with van der Waals surface area (Å²) in [6.07, 6.45) is 1.65. The number of hydrogen-bond donors (Lipinski definition) is 3. The minimum Gasteiger partial charge on any atom is -0.335 e. The summed E-state index contributed by atoms with van der Waals surface area (Å²) in [7, 11) is 0. The number of nitrogens with one attached hydrogen (secondary N) is 3. The van der Waals surface area contributed by atoms with E-state index in [1.807, 2.05) is 0 Å². The van der Waals surface area contributed by atoms with Crippen molar-refractivity contribution in [2.24, 2.45) is 0 Å². The van der Waals surface area contributed by atoms with Gasteiger partial charge in [-0.1, -0.05) is 6.08 Å². The van der Waals surface area contributed by atoms with Crippen molar-refractivity contribution >= 4 is 6.03 Å². The van der Waals surface area contributed by atoms with Gasteiger partial charge in [-0.2, -0.15) is 0 Å². The molecular weight excluding hydrogens is 142 g/mol. The summed E-state index contributed by atoms with van der Waals surface area (Å²) in [6, 6.07) is 0.191. The topological polar surface area (TPSA) is 53.2 Å². The monoisotopic (exact) mass is 155 g/mol. The van der Waals surface area contributed by atoms with Gasteiger partial charge in [-0.25, -0.2) is 4.79 Å². The fourth-order valence-corrected chi connectivity index (χ4v) is 0.792. The molecule has 0 unspecified atom stereocenters. The molecule has 0 spiro atoms. The average molecular weight is 155 g/mol. The van der Waals surface area contributed by atoms with Crippen molar-refractivity contribution < 1.29 is 4.79 Å². The molecule has 1 saturated heterocycles. The summed E-state index contributed by atoms with van der Waals surface area (Å²) in [4.78, 5) is 10.9. The molecule has 0 atom stereocenters. The highest BCUT2D eigenvalue weighted by molar-refractivity contribution is 5.74. The van der Waals surface area contributed by atoms with E-state index in [0.717, 1.165) is 13.1 Å². The van der Waals surface area contributed by atoms with Gasteiger partial charge in [0.1, 0.15) is 0 Å². The minimum atomic E-state index is -0.114. The second-order valence-electron chi connectivity index (χ2n) is 2.50. The van der Waals surface area contributed by atoms with Gasteiger partial charge in [0.25, 0.3) is 0 Å². The van der Waals surface area contributed by atoms with Crippen LogP contribution in [0, 0.1) is 0 Å². The van der Waals surface area contributed by atoms with E-state index in [9.17, 15) is 4.79 Å². The second kappa shape index (κ2) is 3.98. The van der Waals surface area contributed by atoms with Crippen LogP contribution in [0.3, 0.4) is 0 Å². The average Bonchev–Trinajstić information content (AvgIpc) is 1.93. The van der Waals surface area contributed by atoms with Crippen molar-refractivity contribution in [1.82, 2.24) is 16.0 Å². The first-order chi connectivity index (χ1) is 5.33. The van der Waals surface area contributed by atoms with Crippen molar-refractivity contribution in [3.8, 4) is 0 Å². The normalized spacial score (nSPS) is 16.7. The largest absolute Gasteiger partial charge is 0.335 e. The van der Waals surface area contributed by atoms with E-state index in [2.05, 4.69) is 22.5 Å². The first-order valence-corrected chi connectivity index (χ1v) is 3.69. The molecule has 0 aromatic heterocycles. The Hall–Kier alpha value is -1.03. The van der Waals surface area contributed by atoms with Crippen LogP contribution in [0.15, 0.2) is 12.7 Å². The zero-order valence-electron chi connectivity index (χ0n) is 6.39. The molecule has 4 heteroatoms. The first kappa shape index (κ1) is 8.07. The predicted octanol–water partition coefficient (Wildman–Crippen LogP) is -0.557. The highest BCUT2D eigenvalue weighted by atomic mass is 16.2. The van der Waals surface area contributed by atoms with E-state index in [4.69, 9.17) is 0 Å². The van der Waals surface area contributed by atoms with Gasteiger partial charge < -0.3 is 16.0 Å². The molecule has 1 rings (SSSR count). The zero-order valence-corrected chi connectivity index (χ0v) is 6.39. The van der Waals surface area contributed by atoms with Crippen LogP contribution in [-0.4, -0.2) is 31.7 Å². The fourth-order valence-electron chi connectivity index (χ4n) is 0.792. The maximum atomic E-state index is 10.9. The SMILES string of the molecule is C=CCNC(=O)NC1CNC1. The van der Waals surface area contributed by atoms with Gasteiger partial charge in [0.2, 0.25) is 0 Å². The predicted molar refractivity (Wildman–Crippen MR) is 43.4 cm³/mol. The number of carbonyl (C=O) groups is 1. The fraction of sp³-hybridized carbons (Fsp3) is 0.571. The lowest BCUT2D eigenvalue weighted by atomic mass is 10.2. The third-order valence-corrected chi connectivity index (χ3v) is 1.52. The third-order valence-electron chi connectivity index (χ3n) is 1.52. The number of amides is 2. The van der Waals surface area contributed by atoms with Gasteiger partial charge in [-0.05, 0) is 0 Å². The van der Waals surface area contributed by atoms with Gasteiger partial charge in [0.05, 0.1) is 6.04 Å². The molecule has 62 valence electrons. The van der Waals surface area contributed by atoms with Crippen molar-refractivity contribution in [3.63, 3.8) is 0 Å². The Morgan fingerprint density at radius 3 is 2.91 bits per heavy atom. The molecule has 0 saturated carbocycles. The second-order valence-corrected chi connectivity index (χ2v) is 2.50. The molecular formula is C7H13N3O. The van der Waals surface area contributed by atoms with E-state index in [0.29, 0.717) is 12.6 Å². The molecule has 0 bridgehead atoms. The zero-order chi connectivity index (χ0) is 8.10. The molecule has 0 aromatic rings. The van der Waals surface area contributed by atoms with Crippen LogP contribution < -0.4 is 16.0 Å². The number of rotatable bonds is 3. The summed E-state index contributed by atoms with van der Waals surface area (Å²) in [6.45, 7) is 5.76. The molecule has 11 heavy (non-hydrogen) atoms. The van der Waals surface area contributed by atoms with E-state index >= 15 is 0 Å². The van der Waals surface area contributed by atoms with Crippen LogP contribution >= 0.6 is 0 Å². The molecule has 4 nitrogen and oxygen atoms in total. The molecule has 2 amide bonds. The van der Waals surface area contributed by atoms with Gasteiger partial charge in [0.15, 0.2) is 0 Å². The Kier molecular flexibility index (Phi) is 2.92. The smallest absolute Gasteiger partial charge is 0.315 e. The standard InChI is InChI=1S/C7H13N3O/c1-2-3-9-7(11)10-6-4-8-5-6/h2,6,8H,1,3-5H2,(H2,9,10,11). The van der Waals surface area contributed by atoms with Gasteiger partial charge in [0, 0.05) is 19.6 Å². The Balaban J connectivity index is 2.04. The lowest BCUT2D eigenvalue weighted by Gasteiger charge is -2.27. The van der Waals surface area contributed by atoms with E-state index in [1.54, 1.807) is 6.08 Å². The molecule has 1 fully saturated rings. The summed E-state index contributed by atoms with van der Waals surface area (Å²) in [5, 5.41) is 8.49. The molecule has 1 aliphatic heterocycles. The lowest BCUT2D eigenvalue weighted by molar-refractivity contribution is 0.232. The first-order valence-electron chi connectivity index (χ1n) is 3.69. The van der Waals surface area contributed by atoms with Crippen LogP contribution in [0.5, 0.6) is 0 Å². The molecule has 0 aromatic carbocycles. The number of carbonyl (C=O) groups excluding carboxylic acids is 1. The summed E-state index contributed by atoms with van der Waals surface area (Å²) in [5.41, 5.74) is 0. The highest BCUT2D eigenvalue weighted by Crippen LogP contribution is 1.88. The van der Waals surface area contributed by atoms with Gasteiger partial charge in [-0.3, -0.25) is 0 Å². The number of hydrogen-bond acceptors (Lipinski definition) is 2. The molecule has 1 heterocycles. The van der Waals surface area contributed by atoms with E-state index in [-0.39, 0.29) is 6.03 Å². The molecule has 0 radical (unpaired) electrons. The van der Waals surface area contributed by atoms with E-state index in [1.165, 1.54) is 0 Å². The molecule has 0 aliphatic carbocycles. The number of urea groups is 1. The molecule has 3 N–H and O–H groups in total. The summed E-state index contributed by atoms with van der Waals surface area (Å²) >= 11 is 0. The minimum absolute atomic E-state index is 0.114. The lowest BCUT2D eigenvalue weighted by Crippen LogP contribution is -2.58. The highest BCUT2D eigenvalue weighted by Gasteiger charge is 2.17. The van der Waals surface area contributed by atoms with E-state index < -0.39 is 0 Å². The van der Waals surface area contributed by atoms with Crippen molar-refractivity contribution in [2.45, 2.75) is 6.04 Å². The Bertz CT molecular complexity index is 154. The maximum Gasteiger partial charge on any atom is 0.315 e. The Morgan fingerprint density at radius 1 is 1.73 bits per heavy atom. The van der Waals surface area contributed by atoms with Gasteiger partial charge in [-0.15, -0.1) is 6.58 Å². The van der Waals surface area contributed by atoms with Crippen molar-refractivity contribution in [2.75, 3.05) is 19.6 Å². The van der Waals surface area contributed by atoms with Gasteiger partial charge >= 0.3 is 6.03 Å². The molecule has 1 aliphatic rings. The Morgan fingerprint density at radius 2 is 2.45 bits per heavy atom. The van der Waals surface area contributed by atoms with Crippen LogP contribution in [0.4, 0.5) is 4.79 Å². The summed E-state index contributed by atoms with van der Waals surface area (Å²) in [5.74, 6) is 0. The maximum absolute atomic E-state index is 10.9. The van der Waals surface area contributed by atoms with Crippen LogP contribution in [0.25, 0.3) is 0 Å². The van der Waals surface area contributed by atoms with Crippen molar-refractivity contribution in [3.05, 3.63) is 12.7 Å². The van der Waals surface area contributed by atoms with Crippen molar-refractivity contribution in [1.29, 1.82) is 0 Å². The Labute approximate surface area is 66.0 Å². The summed E-state index contributed by atoms with van der Waals surface area (Å²) < 4.78 is 0.